The zero-order chi connectivity index (χ0) is 28.5. The number of aryl methyl sites for hydroxylation is 1. The summed E-state index contributed by atoms with van der Waals surface area (Å²) < 4.78 is 75.7. The van der Waals surface area contributed by atoms with Crippen LogP contribution < -0.4 is 0 Å². The summed E-state index contributed by atoms with van der Waals surface area (Å²) >= 11 is 1.67. The molecule has 1 aliphatic heterocycles. The van der Waals surface area contributed by atoms with Crippen LogP contribution in [-0.4, -0.2) is 80.8 Å². The summed E-state index contributed by atoms with van der Waals surface area (Å²) in [7, 11) is 0. The predicted molar refractivity (Wildman–Crippen MR) is 120 cm³/mol. The largest absolute Gasteiger partial charge is 0.490 e. The van der Waals surface area contributed by atoms with Gasteiger partial charge in [0.15, 0.2) is 0 Å². The Morgan fingerprint density at radius 1 is 1.16 bits per heavy atom. The van der Waals surface area contributed by atoms with Crippen LogP contribution in [0.5, 0.6) is 0 Å². The lowest BCUT2D eigenvalue weighted by Gasteiger charge is -2.39. The standard InChI is InChI=1S/C18H23N3O2S.2C2HF3O2/c1-13-20-15(12-24-13)11-23-17-5-4-16-18(17)22-8-7-21(16)10-14-3-2-6-19-9-14;2*3-2(4,5)1(6)7/h2-3,6,9,12,16-18H,4-5,7-8,10-11H2,1H3;2*(H,6,7)/t16-,17+,18+;;/m0../s1. The Balaban J connectivity index is 0.000000301. The average Bonchev–Trinajstić information content (AvgIpc) is 3.44. The first kappa shape index (κ1) is 31.4. The Morgan fingerprint density at radius 2 is 1.79 bits per heavy atom. The zero-order valence-corrected chi connectivity index (χ0v) is 20.7. The molecule has 1 aliphatic carbocycles. The molecular formula is C22H25F6N3O6S. The molecule has 1 saturated carbocycles. The molecule has 4 rings (SSSR count). The van der Waals surface area contributed by atoms with E-state index in [4.69, 9.17) is 29.3 Å². The van der Waals surface area contributed by atoms with Crippen molar-refractivity contribution in [2.24, 2.45) is 0 Å². The van der Waals surface area contributed by atoms with Crippen molar-refractivity contribution in [1.82, 2.24) is 14.9 Å². The number of aromatic nitrogens is 2. The number of morpholine rings is 1. The lowest BCUT2D eigenvalue weighted by Crippen LogP contribution is -2.51. The molecule has 2 fully saturated rings. The van der Waals surface area contributed by atoms with Crippen molar-refractivity contribution in [1.29, 1.82) is 0 Å². The molecule has 0 bridgehead atoms. The van der Waals surface area contributed by atoms with Crippen molar-refractivity contribution in [2.45, 2.75) is 63.5 Å². The number of hydrogen-bond donors (Lipinski definition) is 2. The molecule has 0 spiro atoms. The maximum absolute atomic E-state index is 10.6. The molecule has 0 amide bonds. The number of carbonyl (C=O) groups is 2. The average molecular weight is 574 g/mol. The smallest absolute Gasteiger partial charge is 0.475 e. The fourth-order valence-corrected chi connectivity index (χ4v) is 4.36. The molecule has 0 aromatic carbocycles. The summed E-state index contributed by atoms with van der Waals surface area (Å²) in [5.74, 6) is -5.51. The summed E-state index contributed by atoms with van der Waals surface area (Å²) in [5, 5.41) is 17.4. The molecule has 2 aromatic heterocycles. The summed E-state index contributed by atoms with van der Waals surface area (Å²) in [5.41, 5.74) is 2.30. The molecular weight excluding hydrogens is 548 g/mol. The van der Waals surface area contributed by atoms with E-state index in [1.165, 1.54) is 5.56 Å². The minimum absolute atomic E-state index is 0.175. The van der Waals surface area contributed by atoms with E-state index in [0.717, 1.165) is 43.2 Å². The van der Waals surface area contributed by atoms with Gasteiger partial charge in [0.1, 0.15) is 0 Å². The van der Waals surface area contributed by atoms with Gasteiger partial charge in [-0.2, -0.15) is 26.3 Å². The zero-order valence-electron chi connectivity index (χ0n) is 19.9. The van der Waals surface area contributed by atoms with Crippen LogP contribution in [0.2, 0.25) is 0 Å². The van der Waals surface area contributed by atoms with E-state index in [1.807, 2.05) is 25.4 Å². The maximum Gasteiger partial charge on any atom is 0.490 e. The molecule has 3 heterocycles. The Morgan fingerprint density at radius 3 is 2.29 bits per heavy atom. The minimum Gasteiger partial charge on any atom is -0.475 e. The van der Waals surface area contributed by atoms with Crippen molar-refractivity contribution < 1.29 is 55.6 Å². The lowest BCUT2D eigenvalue weighted by molar-refractivity contribution is -0.193. The molecule has 0 unspecified atom stereocenters. The quantitative estimate of drug-likeness (QED) is 0.510. The van der Waals surface area contributed by atoms with Crippen LogP contribution in [0.3, 0.4) is 0 Å². The van der Waals surface area contributed by atoms with E-state index >= 15 is 0 Å². The number of alkyl halides is 6. The van der Waals surface area contributed by atoms with Crippen LogP contribution in [0.25, 0.3) is 0 Å². The Hall–Kier alpha value is -2.82. The highest BCUT2D eigenvalue weighted by atomic mass is 32.1. The summed E-state index contributed by atoms with van der Waals surface area (Å²) in [6.45, 7) is 5.31. The summed E-state index contributed by atoms with van der Waals surface area (Å²) in [6.07, 6.45) is -3.85. The molecule has 0 radical (unpaired) electrons. The first-order valence-corrected chi connectivity index (χ1v) is 11.9. The third-order valence-electron chi connectivity index (χ3n) is 5.36. The highest BCUT2D eigenvalue weighted by Crippen LogP contribution is 2.33. The highest BCUT2D eigenvalue weighted by molar-refractivity contribution is 7.09. The molecule has 2 aliphatic rings. The van der Waals surface area contributed by atoms with Crippen molar-refractivity contribution in [3.63, 3.8) is 0 Å². The Bertz CT molecular complexity index is 1010. The van der Waals surface area contributed by atoms with Gasteiger partial charge in [-0.25, -0.2) is 14.6 Å². The van der Waals surface area contributed by atoms with Crippen LogP contribution in [0.1, 0.15) is 29.1 Å². The van der Waals surface area contributed by atoms with Gasteiger partial charge in [0.05, 0.1) is 36.1 Å². The van der Waals surface area contributed by atoms with Crippen molar-refractivity contribution in [2.75, 3.05) is 13.2 Å². The molecule has 16 heteroatoms. The van der Waals surface area contributed by atoms with Crippen LogP contribution in [0.4, 0.5) is 26.3 Å². The fraction of sp³-hybridized carbons (Fsp3) is 0.545. The number of halogens is 6. The Kier molecular flexibility index (Phi) is 11.4. The van der Waals surface area contributed by atoms with E-state index < -0.39 is 24.3 Å². The molecule has 38 heavy (non-hydrogen) atoms. The number of hydrogen-bond acceptors (Lipinski definition) is 8. The molecule has 2 N–H and O–H groups in total. The normalized spacial score (nSPS) is 21.4. The van der Waals surface area contributed by atoms with Crippen molar-refractivity contribution in [3.05, 3.63) is 46.2 Å². The van der Waals surface area contributed by atoms with Gasteiger partial charge in [0, 0.05) is 36.9 Å². The fourth-order valence-electron chi connectivity index (χ4n) is 3.76. The number of pyridine rings is 1. The van der Waals surface area contributed by atoms with E-state index in [9.17, 15) is 26.3 Å². The molecule has 2 aromatic rings. The molecule has 3 atom stereocenters. The van der Waals surface area contributed by atoms with Crippen LogP contribution in [0, 0.1) is 6.92 Å². The number of carboxylic acids is 2. The number of aliphatic carboxylic acids is 2. The summed E-state index contributed by atoms with van der Waals surface area (Å²) in [6, 6.07) is 4.59. The van der Waals surface area contributed by atoms with Gasteiger partial charge in [0.25, 0.3) is 0 Å². The van der Waals surface area contributed by atoms with Gasteiger partial charge in [-0.1, -0.05) is 6.07 Å². The molecule has 212 valence electrons. The van der Waals surface area contributed by atoms with Gasteiger partial charge in [0.2, 0.25) is 0 Å². The number of fused-ring (bicyclic) bond motifs is 1. The second kappa shape index (κ2) is 13.8. The van der Waals surface area contributed by atoms with Crippen LogP contribution >= 0.6 is 11.3 Å². The number of thiazole rings is 1. The second-order valence-corrected chi connectivity index (χ2v) is 9.19. The topological polar surface area (TPSA) is 122 Å². The first-order chi connectivity index (χ1) is 17.7. The van der Waals surface area contributed by atoms with E-state index in [-0.39, 0.29) is 12.2 Å². The monoisotopic (exact) mass is 573 g/mol. The first-order valence-electron chi connectivity index (χ1n) is 11.1. The molecule has 1 saturated heterocycles. The van der Waals surface area contributed by atoms with E-state index in [1.54, 1.807) is 11.3 Å². The highest BCUT2D eigenvalue weighted by Gasteiger charge is 2.43. The van der Waals surface area contributed by atoms with E-state index in [0.29, 0.717) is 12.6 Å². The summed E-state index contributed by atoms with van der Waals surface area (Å²) in [4.78, 5) is 29.0. The third-order valence-corrected chi connectivity index (χ3v) is 6.18. The Labute approximate surface area is 217 Å². The van der Waals surface area contributed by atoms with Gasteiger partial charge >= 0.3 is 24.3 Å². The number of carboxylic acid groups (broad SMARTS) is 2. The number of rotatable bonds is 5. The van der Waals surface area contributed by atoms with Crippen LogP contribution in [0.15, 0.2) is 29.9 Å². The SMILES string of the molecule is Cc1nc(CO[C@@H]2CC[C@H]3[C@H]2OCCN3Cc2cccnc2)cs1.O=C(O)C(F)(F)F.O=C(O)C(F)(F)F. The third kappa shape index (κ3) is 10.2. The lowest BCUT2D eigenvalue weighted by atomic mass is 10.1. The van der Waals surface area contributed by atoms with Crippen LogP contribution in [-0.2, 0) is 32.2 Å². The van der Waals surface area contributed by atoms with Gasteiger partial charge in [-0.05, 0) is 31.4 Å². The van der Waals surface area contributed by atoms with Crippen molar-refractivity contribution >= 4 is 23.3 Å². The predicted octanol–water partition coefficient (Wildman–Crippen LogP) is 4.06. The minimum atomic E-state index is -5.08. The molecule has 9 nitrogen and oxygen atoms in total. The van der Waals surface area contributed by atoms with Gasteiger partial charge in [-0.15, -0.1) is 11.3 Å². The second-order valence-electron chi connectivity index (χ2n) is 8.12. The van der Waals surface area contributed by atoms with E-state index in [2.05, 4.69) is 26.3 Å². The number of ether oxygens (including phenoxy) is 2. The van der Waals surface area contributed by atoms with Crippen molar-refractivity contribution in [3.8, 4) is 0 Å². The van der Waals surface area contributed by atoms with Gasteiger partial charge in [-0.3, -0.25) is 9.88 Å². The number of nitrogens with zero attached hydrogens (tertiary/aromatic N) is 3. The maximum atomic E-state index is 10.6. The van der Waals surface area contributed by atoms with Gasteiger partial charge < -0.3 is 19.7 Å².